The summed E-state index contributed by atoms with van der Waals surface area (Å²) < 4.78 is 0.959. The number of hydrogen-bond acceptors (Lipinski definition) is 2. The molecule has 1 aromatic carbocycles. The fourth-order valence-electron chi connectivity index (χ4n) is 2.34. The summed E-state index contributed by atoms with van der Waals surface area (Å²) in [6.07, 6.45) is 5.32. The Balaban J connectivity index is 1.98. The molecule has 4 heteroatoms. The second-order valence-electron chi connectivity index (χ2n) is 5.16. The minimum Gasteiger partial charge on any atom is -0.389 e. The van der Waals surface area contributed by atoms with Crippen molar-refractivity contribution in [2.24, 2.45) is 11.1 Å². The van der Waals surface area contributed by atoms with E-state index in [4.69, 9.17) is 18.0 Å². The van der Waals surface area contributed by atoms with E-state index in [1.165, 1.54) is 25.7 Å². The van der Waals surface area contributed by atoms with Crippen LogP contribution in [0.3, 0.4) is 0 Å². The molecule has 0 bridgehead atoms. The first-order chi connectivity index (χ1) is 8.56. The van der Waals surface area contributed by atoms with Crippen LogP contribution in [-0.4, -0.2) is 11.5 Å². The van der Waals surface area contributed by atoms with Crippen molar-refractivity contribution in [2.75, 3.05) is 11.9 Å². The van der Waals surface area contributed by atoms with Gasteiger partial charge in [-0.25, -0.2) is 0 Å². The van der Waals surface area contributed by atoms with Crippen molar-refractivity contribution in [3.8, 4) is 0 Å². The largest absolute Gasteiger partial charge is 0.389 e. The molecule has 98 valence electrons. The van der Waals surface area contributed by atoms with Crippen LogP contribution in [0.15, 0.2) is 22.7 Å². The van der Waals surface area contributed by atoms with Crippen LogP contribution < -0.4 is 11.1 Å². The van der Waals surface area contributed by atoms with Gasteiger partial charge in [-0.1, -0.05) is 25.6 Å². The van der Waals surface area contributed by atoms with Gasteiger partial charge in [0, 0.05) is 22.3 Å². The highest BCUT2D eigenvalue weighted by Gasteiger charge is 2.40. The van der Waals surface area contributed by atoms with Crippen LogP contribution in [0.4, 0.5) is 5.69 Å². The van der Waals surface area contributed by atoms with Crippen LogP contribution in [0.1, 0.15) is 38.2 Å². The predicted octanol–water partition coefficient (Wildman–Crippen LogP) is 4.08. The average Bonchev–Trinajstić information content (AvgIpc) is 3.07. The standard InChI is InChI=1S/C14H19BrN2S/c1-2-5-14(6-7-14)9-17-10-3-4-11(13(16)18)12(15)8-10/h3-4,8,17H,2,5-7,9H2,1H3,(H2,16,18). The van der Waals surface area contributed by atoms with Gasteiger partial charge in [-0.15, -0.1) is 0 Å². The molecule has 0 aliphatic heterocycles. The van der Waals surface area contributed by atoms with Crippen molar-refractivity contribution in [3.05, 3.63) is 28.2 Å². The number of rotatable bonds is 6. The molecule has 1 aliphatic rings. The molecular weight excluding hydrogens is 308 g/mol. The summed E-state index contributed by atoms with van der Waals surface area (Å²) in [4.78, 5) is 0.429. The monoisotopic (exact) mass is 326 g/mol. The zero-order valence-electron chi connectivity index (χ0n) is 10.6. The van der Waals surface area contributed by atoms with Crippen molar-refractivity contribution in [3.63, 3.8) is 0 Å². The first-order valence-electron chi connectivity index (χ1n) is 6.39. The number of thiocarbonyl (C=S) groups is 1. The van der Waals surface area contributed by atoms with Crippen molar-refractivity contribution >= 4 is 38.8 Å². The Morgan fingerprint density at radius 3 is 2.72 bits per heavy atom. The zero-order chi connectivity index (χ0) is 13.2. The molecule has 1 saturated carbocycles. The summed E-state index contributed by atoms with van der Waals surface area (Å²) in [5, 5.41) is 3.53. The molecule has 3 N–H and O–H groups in total. The lowest BCUT2D eigenvalue weighted by atomic mass is 10.0. The molecule has 0 atom stereocenters. The van der Waals surface area contributed by atoms with Crippen LogP contribution >= 0.6 is 28.1 Å². The van der Waals surface area contributed by atoms with E-state index < -0.39 is 0 Å². The van der Waals surface area contributed by atoms with Gasteiger partial charge < -0.3 is 11.1 Å². The number of nitrogens with two attached hydrogens (primary N) is 1. The van der Waals surface area contributed by atoms with Crippen LogP contribution in [0.5, 0.6) is 0 Å². The van der Waals surface area contributed by atoms with Gasteiger partial charge in [0.25, 0.3) is 0 Å². The maximum absolute atomic E-state index is 5.64. The second kappa shape index (κ2) is 5.57. The average molecular weight is 327 g/mol. The topological polar surface area (TPSA) is 38.0 Å². The van der Waals surface area contributed by atoms with Gasteiger partial charge in [-0.3, -0.25) is 0 Å². The number of nitrogens with one attached hydrogen (secondary N) is 1. The van der Waals surface area contributed by atoms with E-state index in [0.29, 0.717) is 10.4 Å². The van der Waals surface area contributed by atoms with Crippen LogP contribution in [0, 0.1) is 5.41 Å². The molecule has 0 aromatic heterocycles. The van der Waals surface area contributed by atoms with Crippen LogP contribution in [-0.2, 0) is 0 Å². The molecule has 1 aliphatic carbocycles. The van der Waals surface area contributed by atoms with Crippen LogP contribution in [0.2, 0.25) is 0 Å². The summed E-state index contributed by atoms with van der Waals surface area (Å²) in [5.41, 5.74) is 8.22. The highest BCUT2D eigenvalue weighted by Crippen LogP contribution is 2.49. The number of halogens is 1. The Bertz CT molecular complexity index is 455. The van der Waals surface area contributed by atoms with E-state index in [0.717, 1.165) is 22.3 Å². The third kappa shape index (κ3) is 3.23. The van der Waals surface area contributed by atoms with E-state index in [9.17, 15) is 0 Å². The number of anilines is 1. The van der Waals surface area contributed by atoms with E-state index in [2.05, 4.69) is 34.2 Å². The Morgan fingerprint density at radius 1 is 1.50 bits per heavy atom. The first-order valence-corrected chi connectivity index (χ1v) is 7.60. The highest BCUT2D eigenvalue weighted by atomic mass is 79.9. The smallest absolute Gasteiger partial charge is 0.105 e. The molecule has 0 saturated heterocycles. The first kappa shape index (κ1) is 13.8. The minimum atomic E-state index is 0.429. The Hall–Kier alpha value is -0.610. The number of hydrogen-bond donors (Lipinski definition) is 2. The Morgan fingerprint density at radius 2 is 2.22 bits per heavy atom. The van der Waals surface area contributed by atoms with Crippen molar-refractivity contribution in [1.82, 2.24) is 0 Å². The molecule has 0 radical (unpaired) electrons. The summed E-state index contributed by atoms with van der Waals surface area (Å²) in [5.74, 6) is 0. The fraction of sp³-hybridized carbons (Fsp3) is 0.500. The zero-order valence-corrected chi connectivity index (χ0v) is 13.0. The molecule has 1 aromatic rings. The molecule has 0 unspecified atom stereocenters. The molecule has 2 rings (SSSR count). The third-order valence-electron chi connectivity index (χ3n) is 3.64. The van der Waals surface area contributed by atoms with Gasteiger partial charge in [0.2, 0.25) is 0 Å². The summed E-state index contributed by atoms with van der Waals surface area (Å²) in [7, 11) is 0. The fourth-order valence-corrected chi connectivity index (χ4v) is 3.24. The molecular formula is C14H19BrN2S. The normalized spacial score (nSPS) is 16.3. The van der Waals surface area contributed by atoms with Gasteiger partial charge >= 0.3 is 0 Å². The lowest BCUT2D eigenvalue weighted by Gasteiger charge is -2.16. The quantitative estimate of drug-likeness (QED) is 0.774. The Kier molecular flexibility index (Phi) is 4.28. The molecule has 0 heterocycles. The molecule has 0 spiro atoms. The van der Waals surface area contributed by atoms with E-state index in [-0.39, 0.29) is 0 Å². The summed E-state index contributed by atoms with van der Waals surface area (Å²) >= 11 is 8.50. The van der Waals surface area contributed by atoms with Crippen LogP contribution in [0.25, 0.3) is 0 Å². The van der Waals surface area contributed by atoms with Crippen molar-refractivity contribution < 1.29 is 0 Å². The lowest BCUT2D eigenvalue weighted by Crippen LogP contribution is -2.15. The van der Waals surface area contributed by atoms with Crippen molar-refractivity contribution in [2.45, 2.75) is 32.6 Å². The SMILES string of the molecule is CCCC1(CNc2ccc(C(N)=S)c(Br)c2)CC1. The molecule has 18 heavy (non-hydrogen) atoms. The lowest BCUT2D eigenvalue weighted by molar-refractivity contribution is 0.486. The van der Waals surface area contributed by atoms with Gasteiger partial charge in [-0.05, 0) is 58.8 Å². The predicted molar refractivity (Wildman–Crippen MR) is 85.1 cm³/mol. The van der Waals surface area contributed by atoms with Gasteiger partial charge in [0.1, 0.15) is 4.99 Å². The maximum atomic E-state index is 5.64. The third-order valence-corrected chi connectivity index (χ3v) is 4.52. The summed E-state index contributed by atoms with van der Waals surface area (Å²) in [6.45, 7) is 3.33. The van der Waals surface area contributed by atoms with Gasteiger partial charge in [-0.2, -0.15) is 0 Å². The molecule has 2 nitrogen and oxygen atoms in total. The second-order valence-corrected chi connectivity index (χ2v) is 6.46. The summed E-state index contributed by atoms with van der Waals surface area (Å²) in [6, 6.07) is 6.06. The molecule has 0 amide bonds. The van der Waals surface area contributed by atoms with E-state index in [1.54, 1.807) is 0 Å². The van der Waals surface area contributed by atoms with Crippen molar-refractivity contribution in [1.29, 1.82) is 0 Å². The minimum absolute atomic E-state index is 0.429. The van der Waals surface area contributed by atoms with E-state index >= 15 is 0 Å². The highest BCUT2D eigenvalue weighted by molar-refractivity contribution is 9.10. The van der Waals surface area contributed by atoms with Gasteiger partial charge in [0.15, 0.2) is 0 Å². The van der Waals surface area contributed by atoms with E-state index in [1.807, 2.05) is 12.1 Å². The Labute approximate surface area is 122 Å². The number of benzene rings is 1. The van der Waals surface area contributed by atoms with Gasteiger partial charge in [0.05, 0.1) is 0 Å². The maximum Gasteiger partial charge on any atom is 0.105 e. The molecule has 1 fully saturated rings.